The van der Waals surface area contributed by atoms with E-state index in [-0.39, 0.29) is 6.10 Å². The summed E-state index contributed by atoms with van der Waals surface area (Å²) in [7, 11) is 0. The van der Waals surface area contributed by atoms with E-state index < -0.39 is 6.10 Å². The standard InChI is InChI=1S/C16H24O3/c1-11-8-12(2)16(13(3)9-11)15(17)10-19-14-4-6-18-7-5-14/h8-9,14-15,17H,4-7,10H2,1-3H3. The molecule has 1 fully saturated rings. The van der Waals surface area contributed by atoms with Gasteiger partial charge in [-0.3, -0.25) is 0 Å². The molecule has 19 heavy (non-hydrogen) atoms. The minimum Gasteiger partial charge on any atom is -0.386 e. The highest BCUT2D eigenvalue weighted by atomic mass is 16.5. The van der Waals surface area contributed by atoms with Crippen LogP contribution in [0.3, 0.4) is 0 Å². The molecule has 1 unspecified atom stereocenters. The van der Waals surface area contributed by atoms with E-state index in [1.165, 1.54) is 5.56 Å². The lowest BCUT2D eigenvalue weighted by Gasteiger charge is -2.25. The van der Waals surface area contributed by atoms with Gasteiger partial charge in [0.1, 0.15) is 6.10 Å². The smallest absolute Gasteiger partial charge is 0.103 e. The zero-order valence-electron chi connectivity index (χ0n) is 12.1. The van der Waals surface area contributed by atoms with E-state index in [9.17, 15) is 5.11 Å². The van der Waals surface area contributed by atoms with Crippen molar-refractivity contribution in [1.82, 2.24) is 0 Å². The fourth-order valence-corrected chi connectivity index (χ4v) is 2.87. The van der Waals surface area contributed by atoms with Crippen LogP contribution >= 0.6 is 0 Å². The normalized spacial score (nSPS) is 18.5. The molecule has 1 aliphatic heterocycles. The van der Waals surface area contributed by atoms with Crippen LogP contribution in [0.2, 0.25) is 0 Å². The highest BCUT2D eigenvalue weighted by molar-refractivity contribution is 5.38. The number of hydrogen-bond acceptors (Lipinski definition) is 3. The molecule has 2 rings (SSSR count). The lowest BCUT2D eigenvalue weighted by molar-refractivity contribution is -0.0600. The topological polar surface area (TPSA) is 38.7 Å². The van der Waals surface area contributed by atoms with Crippen LogP contribution in [0.4, 0.5) is 0 Å². The van der Waals surface area contributed by atoms with Gasteiger partial charge in [0.05, 0.1) is 12.7 Å². The maximum absolute atomic E-state index is 10.3. The molecule has 0 amide bonds. The van der Waals surface area contributed by atoms with Crippen LogP contribution in [0.1, 0.15) is 41.2 Å². The molecule has 0 bridgehead atoms. The summed E-state index contributed by atoms with van der Waals surface area (Å²) in [5.74, 6) is 0. The second-order valence-corrected chi connectivity index (χ2v) is 5.47. The van der Waals surface area contributed by atoms with Crippen molar-refractivity contribution in [2.75, 3.05) is 19.8 Å². The highest BCUT2D eigenvalue weighted by Crippen LogP contribution is 2.24. The summed E-state index contributed by atoms with van der Waals surface area (Å²) in [6.45, 7) is 8.08. The monoisotopic (exact) mass is 264 g/mol. The van der Waals surface area contributed by atoms with Gasteiger partial charge in [-0.2, -0.15) is 0 Å². The molecule has 106 valence electrons. The van der Waals surface area contributed by atoms with Crippen molar-refractivity contribution in [3.05, 3.63) is 34.4 Å². The van der Waals surface area contributed by atoms with Gasteiger partial charge in [-0.25, -0.2) is 0 Å². The summed E-state index contributed by atoms with van der Waals surface area (Å²) >= 11 is 0. The minimum atomic E-state index is -0.538. The Hall–Kier alpha value is -0.900. The predicted molar refractivity (Wildman–Crippen MR) is 75.4 cm³/mol. The maximum atomic E-state index is 10.3. The molecular weight excluding hydrogens is 240 g/mol. The van der Waals surface area contributed by atoms with Crippen LogP contribution in [0.25, 0.3) is 0 Å². The van der Waals surface area contributed by atoms with Crippen molar-refractivity contribution in [1.29, 1.82) is 0 Å². The van der Waals surface area contributed by atoms with Gasteiger partial charge in [-0.05, 0) is 50.3 Å². The number of aliphatic hydroxyl groups excluding tert-OH is 1. The molecular formula is C16H24O3. The van der Waals surface area contributed by atoms with Crippen molar-refractivity contribution in [2.24, 2.45) is 0 Å². The number of aryl methyl sites for hydroxylation is 3. The van der Waals surface area contributed by atoms with E-state index in [4.69, 9.17) is 9.47 Å². The van der Waals surface area contributed by atoms with Crippen molar-refractivity contribution in [3.63, 3.8) is 0 Å². The summed E-state index contributed by atoms with van der Waals surface area (Å²) in [6, 6.07) is 4.22. The highest BCUT2D eigenvalue weighted by Gasteiger charge is 2.18. The zero-order valence-corrected chi connectivity index (χ0v) is 12.1. The average molecular weight is 264 g/mol. The van der Waals surface area contributed by atoms with Gasteiger partial charge in [0, 0.05) is 13.2 Å². The molecule has 0 aromatic heterocycles. The van der Waals surface area contributed by atoms with E-state index >= 15 is 0 Å². The second kappa shape index (κ2) is 6.51. The van der Waals surface area contributed by atoms with Crippen LogP contribution in [0.15, 0.2) is 12.1 Å². The van der Waals surface area contributed by atoms with Crippen LogP contribution in [0.5, 0.6) is 0 Å². The number of benzene rings is 1. The summed E-state index contributed by atoms with van der Waals surface area (Å²) in [4.78, 5) is 0. The third kappa shape index (κ3) is 3.78. The quantitative estimate of drug-likeness (QED) is 0.909. The van der Waals surface area contributed by atoms with Gasteiger partial charge in [0.25, 0.3) is 0 Å². The molecule has 1 aromatic carbocycles. The molecule has 1 aliphatic rings. The van der Waals surface area contributed by atoms with E-state index in [1.807, 2.05) is 13.8 Å². The van der Waals surface area contributed by atoms with Gasteiger partial charge in [-0.15, -0.1) is 0 Å². The SMILES string of the molecule is Cc1cc(C)c(C(O)COC2CCOCC2)c(C)c1. The first kappa shape index (κ1) is 14.5. The molecule has 0 aliphatic carbocycles. The molecule has 1 saturated heterocycles. The Morgan fingerprint density at radius 2 is 1.79 bits per heavy atom. The van der Waals surface area contributed by atoms with Crippen molar-refractivity contribution >= 4 is 0 Å². The first-order chi connectivity index (χ1) is 9.08. The lowest BCUT2D eigenvalue weighted by Crippen LogP contribution is -2.25. The van der Waals surface area contributed by atoms with E-state index in [0.717, 1.165) is 42.7 Å². The Morgan fingerprint density at radius 1 is 1.21 bits per heavy atom. The maximum Gasteiger partial charge on any atom is 0.103 e. The molecule has 3 heteroatoms. The average Bonchev–Trinajstić information content (AvgIpc) is 2.36. The summed E-state index contributed by atoms with van der Waals surface area (Å²) in [6.07, 6.45) is 1.55. The van der Waals surface area contributed by atoms with Gasteiger partial charge in [0.2, 0.25) is 0 Å². The fourth-order valence-electron chi connectivity index (χ4n) is 2.87. The Morgan fingerprint density at radius 3 is 2.37 bits per heavy atom. The predicted octanol–water partition coefficient (Wildman–Crippen LogP) is 2.84. The van der Waals surface area contributed by atoms with Crippen LogP contribution < -0.4 is 0 Å². The second-order valence-electron chi connectivity index (χ2n) is 5.47. The number of rotatable bonds is 4. The Kier molecular flexibility index (Phi) is 4.97. The molecule has 0 spiro atoms. The first-order valence-corrected chi connectivity index (χ1v) is 7.03. The third-order valence-corrected chi connectivity index (χ3v) is 3.73. The third-order valence-electron chi connectivity index (χ3n) is 3.73. The van der Waals surface area contributed by atoms with Gasteiger partial charge >= 0.3 is 0 Å². The van der Waals surface area contributed by atoms with Crippen LogP contribution in [-0.4, -0.2) is 31.0 Å². The summed E-state index contributed by atoms with van der Waals surface area (Å²) in [5, 5.41) is 10.3. The van der Waals surface area contributed by atoms with Crippen LogP contribution in [0, 0.1) is 20.8 Å². The summed E-state index contributed by atoms with van der Waals surface area (Å²) in [5.41, 5.74) is 4.52. The van der Waals surface area contributed by atoms with Crippen LogP contribution in [-0.2, 0) is 9.47 Å². The molecule has 3 nitrogen and oxygen atoms in total. The fraction of sp³-hybridized carbons (Fsp3) is 0.625. The van der Waals surface area contributed by atoms with Gasteiger partial charge in [0.15, 0.2) is 0 Å². The largest absolute Gasteiger partial charge is 0.386 e. The molecule has 0 saturated carbocycles. The van der Waals surface area contributed by atoms with E-state index in [2.05, 4.69) is 19.1 Å². The van der Waals surface area contributed by atoms with Crippen molar-refractivity contribution in [3.8, 4) is 0 Å². The molecule has 1 atom stereocenters. The minimum absolute atomic E-state index is 0.231. The Bertz CT molecular complexity index is 399. The number of hydrogen-bond donors (Lipinski definition) is 1. The van der Waals surface area contributed by atoms with E-state index in [1.54, 1.807) is 0 Å². The molecule has 1 N–H and O–H groups in total. The lowest BCUT2D eigenvalue weighted by atomic mass is 9.96. The van der Waals surface area contributed by atoms with Crippen molar-refractivity contribution < 1.29 is 14.6 Å². The molecule has 1 heterocycles. The van der Waals surface area contributed by atoms with Gasteiger partial charge in [-0.1, -0.05) is 17.7 Å². The molecule has 1 aromatic rings. The van der Waals surface area contributed by atoms with Gasteiger partial charge < -0.3 is 14.6 Å². The molecule has 0 radical (unpaired) electrons. The Balaban J connectivity index is 1.97. The van der Waals surface area contributed by atoms with Crippen molar-refractivity contribution in [2.45, 2.75) is 45.8 Å². The Labute approximate surface area is 115 Å². The summed E-state index contributed by atoms with van der Waals surface area (Å²) < 4.78 is 11.1. The number of aliphatic hydroxyl groups is 1. The zero-order chi connectivity index (χ0) is 13.8. The van der Waals surface area contributed by atoms with E-state index in [0.29, 0.717) is 6.61 Å². The first-order valence-electron chi connectivity index (χ1n) is 7.03. The number of ether oxygens (including phenoxy) is 2.